The summed E-state index contributed by atoms with van der Waals surface area (Å²) in [7, 11) is 0. The summed E-state index contributed by atoms with van der Waals surface area (Å²) in [4.78, 5) is 16.5. The average molecular weight is 487 g/mol. The molecule has 0 heterocycles. The topological polar surface area (TPSA) is 65.5 Å². The van der Waals surface area contributed by atoms with Crippen molar-refractivity contribution in [1.82, 2.24) is 16.0 Å². The van der Waals surface area contributed by atoms with E-state index in [0.29, 0.717) is 36.2 Å². The monoisotopic (exact) mass is 486 g/mol. The number of guanidine groups is 1. The standard InChI is InChI=1S/C19H23ClN4O.HI/c1-2-21-19(24-14-16-10-6-7-11-17(16)20)23-13-12-22-18(25)15-8-4-3-5-9-15;/h3-11H,2,12-14H2,1H3,(H,22,25)(H2,21,23,24);1H. The summed E-state index contributed by atoms with van der Waals surface area (Å²) in [6, 6.07) is 16.8. The predicted octanol–water partition coefficient (Wildman–Crippen LogP) is 3.44. The van der Waals surface area contributed by atoms with Gasteiger partial charge in [0.15, 0.2) is 5.96 Å². The first-order chi connectivity index (χ1) is 12.2. The highest BCUT2D eigenvalue weighted by atomic mass is 127. The molecule has 2 rings (SSSR count). The lowest BCUT2D eigenvalue weighted by Crippen LogP contribution is -2.41. The summed E-state index contributed by atoms with van der Waals surface area (Å²) >= 11 is 6.15. The van der Waals surface area contributed by atoms with Gasteiger partial charge in [-0.2, -0.15) is 0 Å². The van der Waals surface area contributed by atoms with Gasteiger partial charge in [-0.25, -0.2) is 4.99 Å². The van der Waals surface area contributed by atoms with Crippen molar-refractivity contribution in [1.29, 1.82) is 0 Å². The number of carbonyl (C=O) groups is 1. The number of hydrogen-bond acceptors (Lipinski definition) is 2. The van der Waals surface area contributed by atoms with Crippen LogP contribution in [0.4, 0.5) is 0 Å². The Morgan fingerprint density at radius 1 is 0.962 bits per heavy atom. The first-order valence-corrected chi connectivity index (χ1v) is 8.67. The normalized spacial score (nSPS) is 10.6. The molecule has 0 unspecified atom stereocenters. The highest BCUT2D eigenvalue weighted by Crippen LogP contribution is 2.15. The largest absolute Gasteiger partial charge is 0.357 e. The third kappa shape index (κ3) is 7.61. The van der Waals surface area contributed by atoms with E-state index in [-0.39, 0.29) is 29.9 Å². The van der Waals surface area contributed by atoms with E-state index in [4.69, 9.17) is 11.6 Å². The smallest absolute Gasteiger partial charge is 0.251 e. The quantitative estimate of drug-likeness (QED) is 0.243. The molecule has 2 aromatic rings. The SMILES string of the molecule is CCNC(=NCc1ccccc1Cl)NCCNC(=O)c1ccccc1.I. The van der Waals surface area contributed by atoms with Crippen molar-refractivity contribution >= 4 is 47.4 Å². The lowest BCUT2D eigenvalue weighted by Gasteiger charge is -2.12. The van der Waals surface area contributed by atoms with Gasteiger partial charge < -0.3 is 16.0 Å². The molecule has 0 atom stereocenters. The van der Waals surface area contributed by atoms with Gasteiger partial charge >= 0.3 is 0 Å². The van der Waals surface area contributed by atoms with Crippen LogP contribution in [0.3, 0.4) is 0 Å². The van der Waals surface area contributed by atoms with E-state index in [1.807, 2.05) is 49.4 Å². The summed E-state index contributed by atoms with van der Waals surface area (Å²) in [6.07, 6.45) is 0. The van der Waals surface area contributed by atoms with Gasteiger partial charge in [-0.1, -0.05) is 48.0 Å². The summed E-state index contributed by atoms with van der Waals surface area (Å²) in [5.74, 6) is 0.608. The molecule has 0 bridgehead atoms. The lowest BCUT2D eigenvalue weighted by atomic mass is 10.2. The van der Waals surface area contributed by atoms with Gasteiger partial charge in [0, 0.05) is 30.2 Å². The molecule has 7 heteroatoms. The molecule has 3 N–H and O–H groups in total. The summed E-state index contributed by atoms with van der Waals surface area (Å²) in [5, 5.41) is 9.95. The van der Waals surface area contributed by atoms with Crippen LogP contribution in [0.5, 0.6) is 0 Å². The molecule has 1 amide bonds. The number of amides is 1. The van der Waals surface area contributed by atoms with Crippen molar-refractivity contribution in [3.8, 4) is 0 Å². The number of nitrogens with one attached hydrogen (secondary N) is 3. The minimum Gasteiger partial charge on any atom is -0.357 e. The van der Waals surface area contributed by atoms with Crippen LogP contribution in [0.2, 0.25) is 5.02 Å². The summed E-state index contributed by atoms with van der Waals surface area (Å²) < 4.78 is 0. The molecule has 0 aliphatic carbocycles. The van der Waals surface area contributed by atoms with E-state index >= 15 is 0 Å². The molecule has 0 fully saturated rings. The van der Waals surface area contributed by atoms with Crippen LogP contribution in [0.25, 0.3) is 0 Å². The van der Waals surface area contributed by atoms with E-state index in [2.05, 4.69) is 20.9 Å². The Hall–Kier alpha value is -1.80. The fraction of sp³-hybridized carbons (Fsp3) is 0.263. The van der Waals surface area contributed by atoms with Crippen LogP contribution < -0.4 is 16.0 Å². The Labute approximate surface area is 176 Å². The minimum absolute atomic E-state index is 0. The zero-order chi connectivity index (χ0) is 17.9. The minimum atomic E-state index is -0.0830. The molecule has 0 aromatic heterocycles. The maximum Gasteiger partial charge on any atom is 0.251 e. The number of nitrogens with zero attached hydrogens (tertiary/aromatic N) is 1. The number of halogens is 2. The third-order valence-corrected chi connectivity index (χ3v) is 3.82. The van der Waals surface area contributed by atoms with Crippen molar-refractivity contribution in [3.63, 3.8) is 0 Å². The maximum atomic E-state index is 12.0. The van der Waals surface area contributed by atoms with Gasteiger partial charge in [-0.05, 0) is 30.7 Å². The molecule has 140 valence electrons. The molecule has 0 radical (unpaired) electrons. The van der Waals surface area contributed by atoms with Gasteiger partial charge in [-0.15, -0.1) is 24.0 Å². The molecular formula is C19H24ClIN4O. The maximum absolute atomic E-state index is 12.0. The Morgan fingerprint density at radius 3 is 2.31 bits per heavy atom. The van der Waals surface area contributed by atoms with Crippen LogP contribution in [0, 0.1) is 0 Å². The second-order valence-corrected chi connectivity index (χ2v) is 5.74. The Bertz CT molecular complexity index is 710. The second kappa shape index (κ2) is 12.5. The molecule has 2 aromatic carbocycles. The van der Waals surface area contributed by atoms with Crippen molar-refractivity contribution in [2.45, 2.75) is 13.5 Å². The van der Waals surface area contributed by atoms with Crippen LogP contribution >= 0.6 is 35.6 Å². The molecule has 0 saturated carbocycles. The van der Waals surface area contributed by atoms with Crippen LogP contribution in [-0.2, 0) is 6.54 Å². The second-order valence-electron chi connectivity index (χ2n) is 5.34. The molecular weight excluding hydrogens is 463 g/mol. The lowest BCUT2D eigenvalue weighted by molar-refractivity contribution is 0.0954. The van der Waals surface area contributed by atoms with E-state index < -0.39 is 0 Å². The fourth-order valence-electron chi connectivity index (χ4n) is 2.18. The third-order valence-electron chi connectivity index (χ3n) is 3.45. The van der Waals surface area contributed by atoms with Gasteiger partial charge in [0.25, 0.3) is 5.91 Å². The Morgan fingerprint density at radius 2 is 1.62 bits per heavy atom. The number of carbonyl (C=O) groups excluding carboxylic acids is 1. The first kappa shape index (κ1) is 22.2. The van der Waals surface area contributed by atoms with Crippen molar-refractivity contribution in [3.05, 3.63) is 70.7 Å². The Kier molecular flexibility index (Phi) is 10.7. The van der Waals surface area contributed by atoms with Crippen LogP contribution in [0.1, 0.15) is 22.8 Å². The predicted molar refractivity (Wildman–Crippen MR) is 118 cm³/mol. The van der Waals surface area contributed by atoms with E-state index in [1.54, 1.807) is 12.1 Å². The van der Waals surface area contributed by atoms with Crippen molar-refractivity contribution in [2.75, 3.05) is 19.6 Å². The van der Waals surface area contributed by atoms with Gasteiger partial charge in [0.05, 0.1) is 6.54 Å². The highest BCUT2D eigenvalue weighted by molar-refractivity contribution is 14.0. The number of hydrogen-bond donors (Lipinski definition) is 3. The fourth-order valence-corrected chi connectivity index (χ4v) is 2.38. The summed E-state index contributed by atoms with van der Waals surface area (Å²) in [5.41, 5.74) is 1.63. The van der Waals surface area contributed by atoms with E-state index in [9.17, 15) is 4.79 Å². The number of aliphatic imine (C=N–C) groups is 1. The van der Waals surface area contributed by atoms with Crippen LogP contribution in [0.15, 0.2) is 59.6 Å². The van der Waals surface area contributed by atoms with E-state index in [1.165, 1.54) is 0 Å². The van der Waals surface area contributed by atoms with Crippen molar-refractivity contribution < 1.29 is 4.79 Å². The number of benzene rings is 2. The van der Waals surface area contributed by atoms with Gasteiger partial charge in [-0.3, -0.25) is 4.79 Å². The summed E-state index contributed by atoms with van der Waals surface area (Å²) in [6.45, 7) is 4.33. The zero-order valence-corrected chi connectivity index (χ0v) is 17.8. The van der Waals surface area contributed by atoms with Crippen LogP contribution in [-0.4, -0.2) is 31.5 Å². The molecule has 0 spiro atoms. The molecule has 5 nitrogen and oxygen atoms in total. The average Bonchev–Trinajstić information content (AvgIpc) is 2.64. The number of rotatable bonds is 7. The van der Waals surface area contributed by atoms with Gasteiger partial charge in [0.1, 0.15) is 0 Å². The zero-order valence-electron chi connectivity index (χ0n) is 14.7. The van der Waals surface area contributed by atoms with Gasteiger partial charge in [0.2, 0.25) is 0 Å². The Balaban J connectivity index is 0.00000338. The van der Waals surface area contributed by atoms with E-state index in [0.717, 1.165) is 12.1 Å². The highest BCUT2D eigenvalue weighted by Gasteiger charge is 2.04. The van der Waals surface area contributed by atoms with Crippen molar-refractivity contribution in [2.24, 2.45) is 4.99 Å². The molecule has 0 aliphatic heterocycles. The molecule has 26 heavy (non-hydrogen) atoms. The molecule has 0 saturated heterocycles. The molecule has 0 aliphatic rings. The first-order valence-electron chi connectivity index (χ1n) is 8.29.